The van der Waals surface area contributed by atoms with Crippen molar-refractivity contribution < 1.29 is 14.3 Å². The lowest BCUT2D eigenvalue weighted by Crippen LogP contribution is -2.49. The summed E-state index contributed by atoms with van der Waals surface area (Å²) < 4.78 is 4.77. The molecular weight excluding hydrogens is 368 g/mol. The van der Waals surface area contributed by atoms with E-state index >= 15 is 0 Å². The van der Waals surface area contributed by atoms with Gasteiger partial charge in [0.2, 0.25) is 0 Å². The number of rotatable bonds is 6. The Bertz CT molecular complexity index is 843. The summed E-state index contributed by atoms with van der Waals surface area (Å²) in [6.45, 7) is 8.30. The highest BCUT2D eigenvalue weighted by Crippen LogP contribution is 2.24. The first-order valence-electron chi connectivity index (χ1n) is 9.84. The number of nitrogens with two attached hydrogens (primary N) is 1. The van der Waals surface area contributed by atoms with Crippen LogP contribution in [0.4, 0.5) is 16.2 Å². The fraction of sp³-hybridized carbons (Fsp3) is 0.364. The van der Waals surface area contributed by atoms with Gasteiger partial charge in [-0.3, -0.25) is 9.69 Å². The standard InChI is InChI=1S/C22H28N4O3/c1-16(2)25-11-13-26(14-12-25)20-6-4-3-5-19(20)21(27)24-18-9-7-17(8-10-18)15-29-22(23)28/h3-10,16H,11-15H2,1-2H3,(H2,23,28)(H,24,27). The highest BCUT2D eigenvalue weighted by molar-refractivity contribution is 6.08. The van der Waals surface area contributed by atoms with Crippen LogP contribution in [-0.2, 0) is 11.3 Å². The number of hydrogen-bond acceptors (Lipinski definition) is 5. The molecule has 2 amide bonds. The van der Waals surface area contributed by atoms with Gasteiger partial charge >= 0.3 is 6.09 Å². The van der Waals surface area contributed by atoms with Gasteiger partial charge in [-0.05, 0) is 43.7 Å². The summed E-state index contributed by atoms with van der Waals surface area (Å²) in [5, 5.41) is 2.95. The third-order valence-corrected chi connectivity index (χ3v) is 5.13. The van der Waals surface area contributed by atoms with Crippen molar-refractivity contribution >= 4 is 23.4 Å². The molecule has 1 saturated heterocycles. The fourth-order valence-electron chi connectivity index (χ4n) is 3.46. The first-order valence-corrected chi connectivity index (χ1v) is 9.84. The number of primary amides is 1. The van der Waals surface area contributed by atoms with Crippen molar-refractivity contribution in [1.29, 1.82) is 0 Å². The largest absolute Gasteiger partial charge is 0.445 e. The highest BCUT2D eigenvalue weighted by atomic mass is 16.5. The number of piperazine rings is 1. The number of anilines is 2. The maximum absolute atomic E-state index is 12.9. The maximum Gasteiger partial charge on any atom is 0.404 e. The molecule has 0 aromatic heterocycles. The first-order chi connectivity index (χ1) is 13.9. The average Bonchev–Trinajstić information content (AvgIpc) is 2.73. The van der Waals surface area contributed by atoms with Crippen LogP contribution in [0.15, 0.2) is 48.5 Å². The first kappa shape index (κ1) is 20.7. The van der Waals surface area contributed by atoms with Gasteiger partial charge in [0.05, 0.1) is 5.56 Å². The molecule has 2 aromatic rings. The van der Waals surface area contributed by atoms with E-state index in [2.05, 4.69) is 29.0 Å². The number of nitrogens with one attached hydrogen (secondary N) is 1. The minimum absolute atomic E-state index is 0.106. The van der Waals surface area contributed by atoms with Crippen molar-refractivity contribution in [2.24, 2.45) is 5.73 Å². The van der Waals surface area contributed by atoms with Gasteiger partial charge in [-0.15, -0.1) is 0 Å². The Labute approximate surface area is 171 Å². The molecule has 1 fully saturated rings. The molecule has 1 aliphatic heterocycles. The smallest absolute Gasteiger partial charge is 0.404 e. The van der Waals surface area contributed by atoms with Crippen LogP contribution in [0.1, 0.15) is 29.8 Å². The minimum atomic E-state index is -0.812. The Morgan fingerprint density at radius 1 is 1.03 bits per heavy atom. The molecule has 1 heterocycles. The van der Waals surface area contributed by atoms with Gasteiger partial charge < -0.3 is 20.7 Å². The molecule has 0 saturated carbocycles. The lowest BCUT2D eigenvalue weighted by molar-refractivity contribution is 0.102. The molecule has 0 spiro atoms. The van der Waals surface area contributed by atoms with E-state index in [1.54, 1.807) is 24.3 Å². The summed E-state index contributed by atoms with van der Waals surface area (Å²) >= 11 is 0. The Balaban J connectivity index is 1.66. The second-order valence-electron chi connectivity index (χ2n) is 7.39. The monoisotopic (exact) mass is 396 g/mol. The molecule has 0 bridgehead atoms. The van der Waals surface area contributed by atoms with Gasteiger partial charge in [-0.25, -0.2) is 4.79 Å². The van der Waals surface area contributed by atoms with E-state index in [0.717, 1.165) is 37.4 Å². The number of amides is 2. The van der Waals surface area contributed by atoms with Crippen molar-refractivity contribution in [3.63, 3.8) is 0 Å². The lowest BCUT2D eigenvalue weighted by atomic mass is 10.1. The Hall–Kier alpha value is -3.06. The van der Waals surface area contributed by atoms with Crippen LogP contribution < -0.4 is 16.0 Å². The molecule has 0 radical (unpaired) electrons. The second kappa shape index (κ2) is 9.43. The van der Waals surface area contributed by atoms with Crippen molar-refractivity contribution in [3.05, 3.63) is 59.7 Å². The van der Waals surface area contributed by atoms with E-state index in [1.165, 1.54) is 0 Å². The molecule has 2 aromatic carbocycles. The average molecular weight is 396 g/mol. The van der Waals surface area contributed by atoms with Crippen LogP contribution in [-0.4, -0.2) is 49.1 Å². The highest BCUT2D eigenvalue weighted by Gasteiger charge is 2.22. The van der Waals surface area contributed by atoms with Crippen LogP contribution >= 0.6 is 0 Å². The normalized spacial score (nSPS) is 14.7. The van der Waals surface area contributed by atoms with E-state index < -0.39 is 6.09 Å². The summed E-state index contributed by atoms with van der Waals surface area (Å²) in [5.74, 6) is -0.145. The van der Waals surface area contributed by atoms with Gasteiger partial charge in [0, 0.05) is 43.6 Å². The van der Waals surface area contributed by atoms with Crippen LogP contribution in [0.3, 0.4) is 0 Å². The molecule has 154 valence electrons. The molecule has 0 atom stereocenters. The summed E-state index contributed by atoms with van der Waals surface area (Å²) in [5.41, 5.74) is 8.07. The lowest BCUT2D eigenvalue weighted by Gasteiger charge is -2.38. The van der Waals surface area contributed by atoms with Crippen molar-refractivity contribution in [3.8, 4) is 0 Å². The van der Waals surface area contributed by atoms with E-state index in [1.807, 2.05) is 24.3 Å². The van der Waals surface area contributed by atoms with Crippen molar-refractivity contribution in [1.82, 2.24) is 4.90 Å². The predicted molar refractivity (Wildman–Crippen MR) is 114 cm³/mol. The molecule has 3 rings (SSSR count). The minimum Gasteiger partial charge on any atom is -0.445 e. The van der Waals surface area contributed by atoms with Gasteiger partial charge in [0.25, 0.3) is 5.91 Å². The number of benzene rings is 2. The molecule has 0 aliphatic carbocycles. The quantitative estimate of drug-likeness (QED) is 0.784. The zero-order chi connectivity index (χ0) is 20.8. The van der Waals surface area contributed by atoms with Crippen LogP contribution in [0.25, 0.3) is 0 Å². The van der Waals surface area contributed by atoms with E-state index in [4.69, 9.17) is 10.5 Å². The summed E-state index contributed by atoms with van der Waals surface area (Å²) in [4.78, 5) is 28.3. The van der Waals surface area contributed by atoms with E-state index in [-0.39, 0.29) is 12.5 Å². The van der Waals surface area contributed by atoms with Crippen LogP contribution in [0, 0.1) is 0 Å². The second-order valence-corrected chi connectivity index (χ2v) is 7.39. The summed E-state index contributed by atoms with van der Waals surface area (Å²) in [6.07, 6.45) is -0.812. The number of hydrogen-bond donors (Lipinski definition) is 2. The van der Waals surface area contributed by atoms with Gasteiger partial charge in [0.1, 0.15) is 6.61 Å². The zero-order valence-electron chi connectivity index (χ0n) is 16.9. The third-order valence-electron chi connectivity index (χ3n) is 5.13. The molecular formula is C22H28N4O3. The molecule has 7 heteroatoms. The molecule has 0 unspecified atom stereocenters. The zero-order valence-corrected chi connectivity index (χ0v) is 16.9. The Morgan fingerprint density at radius 2 is 1.69 bits per heavy atom. The Kier molecular flexibility index (Phi) is 6.72. The van der Waals surface area contributed by atoms with Crippen LogP contribution in [0.2, 0.25) is 0 Å². The van der Waals surface area contributed by atoms with Crippen molar-refractivity contribution in [2.45, 2.75) is 26.5 Å². The summed E-state index contributed by atoms with van der Waals surface area (Å²) in [7, 11) is 0. The van der Waals surface area contributed by atoms with Gasteiger partial charge in [-0.1, -0.05) is 24.3 Å². The molecule has 29 heavy (non-hydrogen) atoms. The Morgan fingerprint density at radius 3 is 2.31 bits per heavy atom. The number of ether oxygens (including phenoxy) is 1. The topological polar surface area (TPSA) is 87.9 Å². The van der Waals surface area contributed by atoms with E-state index in [9.17, 15) is 9.59 Å². The number of para-hydroxylation sites is 1. The number of carbonyl (C=O) groups excluding carboxylic acids is 2. The summed E-state index contributed by atoms with van der Waals surface area (Å²) in [6, 6.07) is 15.4. The van der Waals surface area contributed by atoms with Gasteiger partial charge in [0.15, 0.2) is 0 Å². The predicted octanol–water partition coefficient (Wildman–Crippen LogP) is 3.06. The molecule has 7 nitrogen and oxygen atoms in total. The molecule has 3 N–H and O–H groups in total. The van der Waals surface area contributed by atoms with E-state index in [0.29, 0.717) is 17.3 Å². The third kappa shape index (κ3) is 5.48. The fourth-order valence-corrected chi connectivity index (χ4v) is 3.46. The maximum atomic E-state index is 12.9. The SMILES string of the molecule is CC(C)N1CCN(c2ccccc2C(=O)Nc2ccc(COC(N)=O)cc2)CC1. The van der Waals surface area contributed by atoms with Gasteiger partial charge in [-0.2, -0.15) is 0 Å². The number of carbonyl (C=O) groups is 2. The van der Waals surface area contributed by atoms with Crippen molar-refractivity contribution in [2.75, 3.05) is 36.4 Å². The number of nitrogens with zero attached hydrogens (tertiary/aromatic N) is 2. The molecule has 1 aliphatic rings. The van der Waals surface area contributed by atoms with Crippen LogP contribution in [0.5, 0.6) is 0 Å².